The first-order valence-corrected chi connectivity index (χ1v) is 11.8. The average Bonchev–Trinajstić information content (AvgIpc) is 3.36. The van der Waals surface area contributed by atoms with E-state index in [-0.39, 0.29) is 24.2 Å². The number of carbonyl (C=O) groups excluding carboxylic acids is 2. The van der Waals surface area contributed by atoms with Crippen LogP contribution >= 0.6 is 0 Å². The average molecular weight is 448 g/mol. The summed E-state index contributed by atoms with van der Waals surface area (Å²) in [6, 6.07) is 16.1. The molecule has 7 nitrogen and oxygen atoms in total. The van der Waals surface area contributed by atoms with Crippen molar-refractivity contribution in [1.82, 2.24) is 19.4 Å². The maximum atomic E-state index is 13.1. The number of fused-ring (bicyclic) bond motifs is 1. The molecule has 0 bridgehead atoms. The molecule has 0 saturated carbocycles. The molecule has 1 aliphatic heterocycles. The number of nitrogens with one attached hydrogen (secondary N) is 1. The van der Waals surface area contributed by atoms with E-state index in [1.54, 1.807) is 4.90 Å². The molecule has 1 unspecified atom stereocenters. The number of nitrogens with zero attached hydrogens (tertiary/aromatic N) is 4. The lowest BCUT2D eigenvalue weighted by atomic mass is 10.1. The number of anilines is 1. The lowest BCUT2D eigenvalue weighted by Crippen LogP contribution is -2.30. The van der Waals surface area contributed by atoms with Crippen LogP contribution in [0.2, 0.25) is 0 Å². The second-order valence-electron chi connectivity index (χ2n) is 8.75. The van der Waals surface area contributed by atoms with Gasteiger partial charge in [0.15, 0.2) is 0 Å². The maximum Gasteiger partial charge on any atom is 0.232 e. The van der Waals surface area contributed by atoms with Crippen LogP contribution < -0.4 is 5.32 Å². The molecular formula is C26H33N5O2. The van der Waals surface area contributed by atoms with Crippen LogP contribution in [0.4, 0.5) is 5.95 Å². The van der Waals surface area contributed by atoms with Crippen molar-refractivity contribution >= 4 is 28.8 Å². The molecule has 2 heterocycles. The molecule has 33 heavy (non-hydrogen) atoms. The smallest absolute Gasteiger partial charge is 0.232 e. The number of carbonyl (C=O) groups is 2. The van der Waals surface area contributed by atoms with Gasteiger partial charge in [0.1, 0.15) is 0 Å². The molecule has 1 saturated heterocycles. The van der Waals surface area contributed by atoms with E-state index in [2.05, 4.69) is 33.6 Å². The molecule has 1 aliphatic rings. The predicted molar refractivity (Wildman–Crippen MR) is 131 cm³/mol. The van der Waals surface area contributed by atoms with Crippen LogP contribution in [0.1, 0.15) is 31.4 Å². The summed E-state index contributed by atoms with van der Waals surface area (Å²) >= 11 is 0. The molecule has 1 N–H and O–H groups in total. The van der Waals surface area contributed by atoms with Crippen LogP contribution in [0.25, 0.3) is 11.0 Å². The second-order valence-corrected chi connectivity index (χ2v) is 8.75. The fourth-order valence-corrected chi connectivity index (χ4v) is 4.41. The highest BCUT2D eigenvalue weighted by molar-refractivity contribution is 5.97. The lowest BCUT2D eigenvalue weighted by Gasteiger charge is -2.20. The number of aromatic nitrogens is 2. The predicted octanol–water partition coefficient (Wildman–Crippen LogP) is 3.67. The number of imidazole rings is 1. The molecule has 3 aromatic rings. The molecule has 7 heteroatoms. The van der Waals surface area contributed by atoms with Crippen LogP contribution in [0, 0.1) is 12.8 Å². The summed E-state index contributed by atoms with van der Waals surface area (Å²) in [6.07, 6.45) is 0.234. The normalized spacial score (nSPS) is 16.2. The number of rotatable bonds is 9. The number of aryl methyl sites for hydroxylation is 1. The lowest BCUT2D eigenvalue weighted by molar-refractivity contribution is -0.128. The fourth-order valence-electron chi connectivity index (χ4n) is 4.41. The van der Waals surface area contributed by atoms with E-state index >= 15 is 0 Å². The molecule has 1 aromatic heterocycles. The van der Waals surface area contributed by atoms with Gasteiger partial charge >= 0.3 is 0 Å². The van der Waals surface area contributed by atoms with Crippen molar-refractivity contribution in [2.24, 2.45) is 5.92 Å². The Labute approximate surface area is 195 Å². The number of likely N-dealkylation sites (tertiary alicyclic amines) is 1. The van der Waals surface area contributed by atoms with Gasteiger partial charge in [-0.2, -0.15) is 0 Å². The van der Waals surface area contributed by atoms with E-state index in [9.17, 15) is 9.59 Å². The Kier molecular flexibility index (Phi) is 7.08. The SMILES string of the molecule is CCN(CC)CCn1c(NC(=O)C2CC(=O)N(Cc3ccc(C)cc3)C2)nc2ccccc21. The summed E-state index contributed by atoms with van der Waals surface area (Å²) in [5, 5.41) is 3.03. The third-order valence-electron chi connectivity index (χ3n) is 6.50. The Bertz CT molecular complexity index is 1120. The highest BCUT2D eigenvalue weighted by Gasteiger charge is 2.34. The van der Waals surface area contributed by atoms with E-state index in [0.717, 1.165) is 42.8 Å². The number of para-hydroxylation sites is 2. The highest BCUT2D eigenvalue weighted by atomic mass is 16.2. The first-order valence-electron chi connectivity index (χ1n) is 11.8. The fraction of sp³-hybridized carbons (Fsp3) is 0.423. The second kappa shape index (κ2) is 10.2. The minimum Gasteiger partial charge on any atom is -0.338 e. The molecule has 4 rings (SSSR count). The van der Waals surface area contributed by atoms with Crippen molar-refractivity contribution in [3.05, 3.63) is 59.7 Å². The van der Waals surface area contributed by atoms with E-state index < -0.39 is 0 Å². The summed E-state index contributed by atoms with van der Waals surface area (Å²) < 4.78 is 2.08. The van der Waals surface area contributed by atoms with Gasteiger partial charge in [0.05, 0.1) is 17.0 Å². The van der Waals surface area contributed by atoms with Crippen LogP contribution in [-0.2, 0) is 22.7 Å². The molecular weight excluding hydrogens is 414 g/mol. The number of hydrogen-bond acceptors (Lipinski definition) is 4. The van der Waals surface area contributed by atoms with Crippen molar-refractivity contribution < 1.29 is 9.59 Å². The first-order chi connectivity index (χ1) is 16.0. The summed E-state index contributed by atoms with van der Waals surface area (Å²) in [5.74, 6) is 0.0525. The van der Waals surface area contributed by atoms with Gasteiger partial charge in [-0.3, -0.25) is 14.9 Å². The summed E-state index contributed by atoms with van der Waals surface area (Å²) in [6.45, 7) is 10.9. The van der Waals surface area contributed by atoms with E-state index in [0.29, 0.717) is 19.0 Å². The standard InChI is InChI=1S/C26H33N5O2/c1-4-29(5-2)14-15-31-23-9-7-6-8-22(23)27-26(31)28-25(33)21-16-24(32)30(18-21)17-20-12-10-19(3)11-13-20/h6-13,21H,4-5,14-18H2,1-3H3,(H,27,28,33). The number of hydrogen-bond donors (Lipinski definition) is 1. The van der Waals surface area contributed by atoms with E-state index in [1.165, 1.54) is 5.56 Å². The number of likely N-dealkylation sites (N-methyl/N-ethyl adjacent to an activating group) is 1. The maximum absolute atomic E-state index is 13.1. The van der Waals surface area contributed by atoms with Gasteiger partial charge in [0.2, 0.25) is 17.8 Å². The molecule has 174 valence electrons. The third kappa shape index (κ3) is 5.25. The van der Waals surface area contributed by atoms with Gasteiger partial charge in [0.25, 0.3) is 0 Å². The molecule has 2 amide bonds. The van der Waals surface area contributed by atoms with Gasteiger partial charge in [0, 0.05) is 32.6 Å². The van der Waals surface area contributed by atoms with E-state index in [4.69, 9.17) is 0 Å². The molecule has 1 fully saturated rings. The largest absolute Gasteiger partial charge is 0.338 e. The van der Waals surface area contributed by atoms with Crippen LogP contribution in [0.15, 0.2) is 48.5 Å². The molecule has 1 atom stereocenters. The minimum atomic E-state index is -0.376. The Morgan fingerprint density at radius 1 is 1.12 bits per heavy atom. The third-order valence-corrected chi connectivity index (χ3v) is 6.50. The zero-order valence-electron chi connectivity index (χ0n) is 19.8. The zero-order valence-corrected chi connectivity index (χ0v) is 19.8. The number of benzene rings is 2. The van der Waals surface area contributed by atoms with Crippen LogP contribution in [0.3, 0.4) is 0 Å². The van der Waals surface area contributed by atoms with Crippen LogP contribution in [0.5, 0.6) is 0 Å². The Morgan fingerprint density at radius 2 is 1.85 bits per heavy atom. The Morgan fingerprint density at radius 3 is 2.58 bits per heavy atom. The first kappa shape index (κ1) is 23.0. The summed E-state index contributed by atoms with van der Waals surface area (Å²) in [5.41, 5.74) is 4.13. The van der Waals surface area contributed by atoms with Crippen molar-refractivity contribution in [1.29, 1.82) is 0 Å². The van der Waals surface area contributed by atoms with Crippen molar-refractivity contribution in [3.63, 3.8) is 0 Å². The quantitative estimate of drug-likeness (QED) is 0.543. The van der Waals surface area contributed by atoms with Crippen molar-refractivity contribution in [2.45, 2.75) is 40.3 Å². The van der Waals surface area contributed by atoms with Gasteiger partial charge in [-0.1, -0.05) is 55.8 Å². The summed E-state index contributed by atoms with van der Waals surface area (Å²) in [4.78, 5) is 34.5. The monoisotopic (exact) mass is 447 g/mol. The Balaban J connectivity index is 1.46. The summed E-state index contributed by atoms with van der Waals surface area (Å²) in [7, 11) is 0. The van der Waals surface area contributed by atoms with Crippen molar-refractivity contribution in [3.8, 4) is 0 Å². The van der Waals surface area contributed by atoms with Gasteiger partial charge in [-0.15, -0.1) is 0 Å². The van der Waals surface area contributed by atoms with Crippen molar-refractivity contribution in [2.75, 3.05) is 31.5 Å². The zero-order chi connectivity index (χ0) is 23.4. The van der Waals surface area contributed by atoms with Gasteiger partial charge in [-0.05, 0) is 37.7 Å². The molecule has 0 spiro atoms. The molecule has 0 radical (unpaired) electrons. The highest BCUT2D eigenvalue weighted by Crippen LogP contribution is 2.24. The molecule has 2 aromatic carbocycles. The topological polar surface area (TPSA) is 70.5 Å². The van der Waals surface area contributed by atoms with Gasteiger partial charge < -0.3 is 14.4 Å². The van der Waals surface area contributed by atoms with Crippen LogP contribution in [-0.4, -0.2) is 57.3 Å². The minimum absolute atomic E-state index is 0.0192. The van der Waals surface area contributed by atoms with E-state index in [1.807, 2.05) is 55.5 Å². The Hall–Kier alpha value is -3.19. The van der Waals surface area contributed by atoms with Gasteiger partial charge in [-0.25, -0.2) is 4.98 Å². The molecule has 0 aliphatic carbocycles. The number of amides is 2.